The summed E-state index contributed by atoms with van der Waals surface area (Å²) in [5.41, 5.74) is 3.01. The Morgan fingerprint density at radius 2 is 1.61 bits per heavy atom. The lowest BCUT2D eigenvalue weighted by Crippen LogP contribution is -2.13. The maximum absolute atomic E-state index is 12.0. The normalized spacial score (nSPS) is 10.4. The van der Waals surface area contributed by atoms with E-state index in [2.05, 4.69) is 22.5 Å². The number of aromatic nitrogens is 2. The highest BCUT2D eigenvalue weighted by Crippen LogP contribution is 2.08. The van der Waals surface area contributed by atoms with E-state index in [9.17, 15) is 4.79 Å². The zero-order valence-electron chi connectivity index (χ0n) is 12.9. The SMILES string of the molecule is O=C(Cc1ccccc1)Nc1cnn(CCc2ccccc2)c1. The molecule has 0 aliphatic carbocycles. The van der Waals surface area contributed by atoms with Gasteiger partial charge in [-0.1, -0.05) is 60.7 Å². The molecule has 0 radical (unpaired) electrons. The van der Waals surface area contributed by atoms with Gasteiger partial charge in [-0.05, 0) is 17.5 Å². The zero-order valence-corrected chi connectivity index (χ0v) is 12.9. The number of nitrogens with zero attached hydrogens (tertiary/aromatic N) is 2. The molecule has 0 aliphatic heterocycles. The van der Waals surface area contributed by atoms with Crippen LogP contribution in [0.2, 0.25) is 0 Å². The minimum Gasteiger partial charge on any atom is -0.323 e. The van der Waals surface area contributed by atoms with Crippen molar-refractivity contribution in [2.24, 2.45) is 0 Å². The van der Waals surface area contributed by atoms with Crippen LogP contribution in [-0.4, -0.2) is 15.7 Å². The van der Waals surface area contributed by atoms with Crippen molar-refractivity contribution >= 4 is 11.6 Å². The van der Waals surface area contributed by atoms with Crippen LogP contribution in [-0.2, 0) is 24.2 Å². The predicted octanol–water partition coefficient (Wildman–Crippen LogP) is 3.31. The van der Waals surface area contributed by atoms with Crippen molar-refractivity contribution in [1.82, 2.24) is 9.78 Å². The van der Waals surface area contributed by atoms with Crippen LogP contribution >= 0.6 is 0 Å². The van der Waals surface area contributed by atoms with E-state index in [1.54, 1.807) is 6.20 Å². The van der Waals surface area contributed by atoms with E-state index < -0.39 is 0 Å². The molecule has 23 heavy (non-hydrogen) atoms. The number of benzene rings is 2. The Morgan fingerprint density at radius 3 is 2.30 bits per heavy atom. The van der Waals surface area contributed by atoms with Gasteiger partial charge in [0.2, 0.25) is 5.91 Å². The van der Waals surface area contributed by atoms with Crippen LogP contribution in [0.15, 0.2) is 73.1 Å². The van der Waals surface area contributed by atoms with E-state index in [1.807, 2.05) is 59.4 Å². The third-order valence-electron chi connectivity index (χ3n) is 3.60. The second-order valence-electron chi connectivity index (χ2n) is 5.44. The average Bonchev–Trinajstić information content (AvgIpc) is 3.02. The van der Waals surface area contributed by atoms with Gasteiger partial charge in [0.25, 0.3) is 0 Å². The number of carbonyl (C=O) groups excluding carboxylic acids is 1. The van der Waals surface area contributed by atoms with Gasteiger partial charge < -0.3 is 5.32 Å². The Balaban J connectivity index is 1.52. The summed E-state index contributed by atoms with van der Waals surface area (Å²) < 4.78 is 1.85. The highest BCUT2D eigenvalue weighted by Gasteiger charge is 2.06. The van der Waals surface area contributed by atoms with Crippen molar-refractivity contribution in [3.05, 3.63) is 84.2 Å². The van der Waals surface area contributed by atoms with Crippen LogP contribution in [0.5, 0.6) is 0 Å². The lowest BCUT2D eigenvalue weighted by molar-refractivity contribution is -0.115. The number of anilines is 1. The molecular weight excluding hydrogens is 286 g/mol. The van der Waals surface area contributed by atoms with Crippen LogP contribution in [0.25, 0.3) is 0 Å². The molecule has 1 N–H and O–H groups in total. The third kappa shape index (κ3) is 4.54. The van der Waals surface area contributed by atoms with Crippen LogP contribution in [0.3, 0.4) is 0 Å². The summed E-state index contributed by atoms with van der Waals surface area (Å²) in [6, 6.07) is 20.0. The van der Waals surface area contributed by atoms with Crippen molar-refractivity contribution in [2.45, 2.75) is 19.4 Å². The minimum atomic E-state index is -0.0289. The standard InChI is InChI=1S/C19H19N3O/c23-19(13-17-9-5-2-6-10-17)21-18-14-20-22(15-18)12-11-16-7-3-1-4-8-16/h1-10,14-15H,11-13H2,(H,21,23). The van der Waals surface area contributed by atoms with Gasteiger partial charge in [-0.25, -0.2) is 0 Å². The zero-order chi connectivity index (χ0) is 15.9. The number of carbonyl (C=O) groups is 1. The van der Waals surface area contributed by atoms with E-state index in [0.717, 1.165) is 24.2 Å². The molecule has 4 heteroatoms. The predicted molar refractivity (Wildman–Crippen MR) is 91.1 cm³/mol. The van der Waals surface area contributed by atoms with Crippen molar-refractivity contribution in [3.8, 4) is 0 Å². The summed E-state index contributed by atoms with van der Waals surface area (Å²) in [6.07, 6.45) is 4.84. The topological polar surface area (TPSA) is 46.9 Å². The Morgan fingerprint density at radius 1 is 0.957 bits per heavy atom. The molecule has 0 saturated heterocycles. The lowest BCUT2D eigenvalue weighted by atomic mass is 10.1. The molecular formula is C19H19N3O. The Kier molecular flexibility index (Phi) is 4.84. The fourth-order valence-electron chi connectivity index (χ4n) is 2.43. The van der Waals surface area contributed by atoms with Crippen LogP contribution in [0.1, 0.15) is 11.1 Å². The van der Waals surface area contributed by atoms with Gasteiger partial charge in [-0.15, -0.1) is 0 Å². The number of hydrogen-bond acceptors (Lipinski definition) is 2. The van der Waals surface area contributed by atoms with E-state index in [-0.39, 0.29) is 5.91 Å². The van der Waals surface area contributed by atoms with Crippen molar-refractivity contribution in [3.63, 3.8) is 0 Å². The average molecular weight is 305 g/mol. The molecule has 1 amide bonds. The molecule has 0 bridgehead atoms. The largest absolute Gasteiger partial charge is 0.323 e. The van der Waals surface area contributed by atoms with E-state index >= 15 is 0 Å². The summed E-state index contributed by atoms with van der Waals surface area (Å²) in [7, 11) is 0. The molecule has 0 aliphatic rings. The molecule has 2 aromatic carbocycles. The Bertz CT molecular complexity index is 751. The summed E-state index contributed by atoms with van der Waals surface area (Å²) in [4.78, 5) is 12.0. The van der Waals surface area contributed by atoms with Crippen LogP contribution < -0.4 is 5.32 Å². The van der Waals surface area contributed by atoms with E-state index in [0.29, 0.717) is 6.42 Å². The van der Waals surface area contributed by atoms with Gasteiger partial charge in [0.05, 0.1) is 18.3 Å². The first-order valence-corrected chi connectivity index (χ1v) is 7.70. The number of hydrogen-bond donors (Lipinski definition) is 1. The molecule has 0 unspecified atom stereocenters. The first kappa shape index (κ1) is 15.0. The maximum atomic E-state index is 12.0. The molecule has 3 aromatic rings. The highest BCUT2D eigenvalue weighted by molar-refractivity contribution is 5.91. The molecule has 4 nitrogen and oxygen atoms in total. The van der Waals surface area contributed by atoms with Gasteiger partial charge in [0, 0.05) is 12.7 Å². The molecule has 3 rings (SSSR count). The van der Waals surface area contributed by atoms with Crippen LogP contribution in [0, 0.1) is 0 Å². The monoisotopic (exact) mass is 305 g/mol. The van der Waals surface area contributed by atoms with Crippen molar-refractivity contribution in [1.29, 1.82) is 0 Å². The number of aryl methyl sites for hydroxylation is 2. The van der Waals surface area contributed by atoms with Gasteiger partial charge in [0.1, 0.15) is 0 Å². The summed E-state index contributed by atoms with van der Waals surface area (Å²) in [6.45, 7) is 0.790. The smallest absolute Gasteiger partial charge is 0.228 e. The second-order valence-corrected chi connectivity index (χ2v) is 5.44. The third-order valence-corrected chi connectivity index (χ3v) is 3.60. The van der Waals surface area contributed by atoms with E-state index in [4.69, 9.17) is 0 Å². The summed E-state index contributed by atoms with van der Waals surface area (Å²) in [5, 5.41) is 7.18. The number of rotatable bonds is 6. The fraction of sp³-hybridized carbons (Fsp3) is 0.158. The summed E-state index contributed by atoms with van der Waals surface area (Å²) in [5.74, 6) is -0.0289. The molecule has 0 fully saturated rings. The Labute approximate surface area is 135 Å². The molecule has 0 spiro atoms. The number of nitrogens with one attached hydrogen (secondary N) is 1. The highest BCUT2D eigenvalue weighted by atomic mass is 16.1. The van der Waals surface area contributed by atoms with E-state index in [1.165, 1.54) is 5.56 Å². The van der Waals surface area contributed by atoms with Crippen molar-refractivity contribution in [2.75, 3.05) is 5.32 Å². The maximum Gasteiger partial charge on any atom is 0.228 e. The number of amides is 1. The van der Waals surface area contributed by atoms with Crippen LogP contribution in [0.4, 0.5) is 5.69 Å². The molecule has 0 atom stereocenters. The van der Waals surface area contributed by atoms with Crippen molar-refractivity contribution < 1.29 is 4.79 Å². The first-order chi connectivity index (χ1) is 11.3. The molecule has 1 heterocycles. The lowest BCUT2D eigenvalue weighted by Gasteiger charge is -2.03. The quantitative estimate of drug-likeness (QED) is 0.759. The van der Waals surface area contributed by atoms with Gasteiger partial charge in [-0.3, -0.25) is 9.48 Å². The Hall–Kier alpha value is -2.88. The molecule has 1 aromatic heterocycles. The summed E-state index contributed by atoms with van der Waals surface area (Å²) >= 11 is 0. The van der Waals surface area contributed by atoms with Gasteiger partial charge in [0.15, 0.2) is 0 Å². The first-order valence-electron chi connectivity index (χ1n) is 7.70. The molecule has 116 valence electrons. The fourth-order valence-corrected chi connectivity index (χ4v) is 2.43. The molecule has 0 saturated carbocycles. The minimum absolute atomic E-state index is 0.0289. The second kappa shape index (κ2) is 7.40. The van der Waals surface area contributed by atoms with Gasteiger partial charge in [-0.2, -0.15) is 5.10 Å². The van der Waals surface area contributed by atoms with Gasteiger partial charge >= 0.3 is 0 Å².